The second-order valence-corrected chi connectivity index (χ2v) is 7.32. The molecule has 0 radical (unpaired) electrons. The lowest BCUT2D eigenvalue weighted by atomic mass is 10.0. The molecule has 3 aromatic rings. The van der Waals surface area contributed by atoms with Crippen molar-refractivity contribution in [2.24, 2.45) is 0 Å². The van der Waals surface area contributed by atoms with Gasteiger partial charge >= 0.3 is 0 Å². The number of aryl methyl sites for hydroxylation is 1. The molecule has 2 heterocycles. The summed E-state index contributed by atoms with van der Waals surface area (Å²) in [6, 6.07) is 18.6. The van der Waals surface area contributed by atoms with Gasteiger partial charge in [-0.05, 0) is 50.4 Å². The van der Waals surface area contributed by atoms with Gasteiger partial charge in [0.15, 0.2) is 5.69 Å². The molecule has 27 heavy (non-hydrogen) atoms. The third-order valence-electron chi connectivity index (χ3n) is 5.31. The average Bonchev–Trinajstić information content (AvgIpc) is 3.13. The van der Waals surface area contributed by atoms with Gasteiger partial charge in [-0.3, -0.25) is 9.89 Å². The van der Waals surface area contributed by atoms with Gasteiger partial charge in [-0.1, -0.05) is 48.5 Å². The van der Waals surface area contributed by atoms with Crippen LogP contribution in [0.1, 0.15) is 35.3 Å². The SMILES string of the molecule is O=C(NC1CCCN(CCCc2ccccc2)C1)c1n[nH]c2ccccc12. The van der Waals surface area contributed by atoms with E-state index in [1.165, 1.54) is 5.56 Å². The Kier molecular flexibility index (Phi) is 5.49. The minimum atomic E-state index is -0.0800. The first-order valence-electron chi connectivity index (χ1n) is 9.80. The third-order valence-corrected chi connectivity index (χ3v) is 5.31. The van der Waals surface area contributed by atoms with Crippen molar-refractivity contribution in [2.45, 2.75) is 31.7 Å². The lowest BCUT2D eigenvalue weighted by Gasteiger charge is -2.33. The third kappa shape index (κ3) is 4.37. The number of aromatic nitrogens is 2. The summed E-state index contributed by atoms with van der Waals surface area (Å²) in [5, 5.41) is 11.2. The molecule has 1 unspecified atom stereocenters. The van der Waals surface area contributed by atoms with Crippen LogP contribution in [0, 0.1) is 0 Å². The van der Waals surface area contributed by atoms with Crippen LogP contribution in [0.25, 0.3) is 10.9 Å². The van der Waals surface area contributed by atoms with Gasteiger partial charge in [-0.2, -0.15) is 5.10 Å². The highest BCUT2D eigenvalue weighted by Crippen LogP contribution is 2.17. The Morgan fingerprint density at radius 2 is 1.96 bits per heavy atom. The van der Waals surface area contributed by atoms with Crippen LogP contribution in [-0.4, -0.2) is 46.7 Å². The molecule has 140 valence electrons. The first kappa shape index (κ1) is 17.7. The molecule has 4 rings (SSSR count). The predicted octanol–water partition coefficient (Wildman–Crippen LogP) is 3.39. The Labute approximate surface area is 159 Å². The number of hydrogen-bond donors (Lipinski definition) is 2. The number of piperidine rings is 1. The van der Waals surface area contributed by atoms with E-state index in [2.05, 4.69) is 50.7 Å². The zero-order valence-electron chi connectivity index (χ0n) is 15.5. The molecule has 2 N–H and O–H groups in total. The standard InChI is InChI=1S/C22H26N4O/c27-22(21-19-12-4-5-13-20(19)24-25-21)23-18-11-7-15-26(16-18)14-6-10-17-8-2-1-3-9-17/h1-5,8-9,12-13,18H,6-7,10-11,14-16H2,(H,23,27)(H,24,25). The van der Waals surface area contributed by atoms with Gasteiger partial charge in [-0.15, -0.1) is 0 Å². The molecule has 1 aromatic heterocycles. The number of rotatable bonds is 6. The molecule has 0 aliphatic carbocycles. The molecule has 2 aromatic carbocycles. The molecule has 5 heteroatoms. The summed E-state index contributed by atoms with van der Waals surface area (Å²) < 4.78 is 0. The highest BCUT2D eigenvalue weighted by Gasteiger charge is 2.23. The number of carbonyl (C=O) groups excluding carboxylic acids is 1. The van der Waals surface area contributed by atoms with Crippen molar-refractivity contribution >= 4 is 16.8 Å². The highest BCUT2D eigenvalue weighted by atomic mass is 16.2. The molecular formula is C22H26N4O. The summed E-state index contributed by atoms with van der Waals surface area (Å²) in [4.78, 5) is 15.2. The molecule has 1 aliphatic rings. The number of nitrogens with zero attached hydrogens (tertiary/aromatic N) is 2. The number of carbonyl (C=O) groups is 1. The van der Waals surface area contributed by atoms with Crippen molar-refractivity contribution in [2.75, 3.05) is 19.6 Å². The zero-order chi connectivity index (χ0) is 18.5. The zero-order valence-corrected chi connectivity index (χ0v) is 15.5. The fourth-order valence-corrected chi connectivity index (χ4v) is 3.92. The van der Waals surface area contributed by atoms with Gasteiger partial charge < -0.3 is 10.2 Å². The van der Waals surface area contributed by atoms with E-state index in [-0.39, 0.29) is 11.9 Å². The summed E-state index contributed by atoms with van der Waals surface area (Å²) >= 11 is 0. The van der Waals surface area contributed by atoms with E-state index in [1.807, 2.05) is 24.3 Å². The largest absolute Gasteiger partial charge is 0.347 e. The fraction of sp³-hybridized carbons (Fsp3) is 0.364. The van der Waals surface area contributed by atoms with Gasteiger partial charge in [0.2, 0.25) is 0 Å². The molecule has 0 saturated carbocycles. The Balaban J connectivity index is 1.30. The van der Waals surface area contributed by atoms with E-state index in [9.17, 15) is 4.79 Å². The molecule has 1 aliphatic heterocycles. The molecule has 1 atom stereocenters. The smallest absolute Gasteiger partial charge is 0.272 e. The van der Waals surface area contributed by atoms with E-state index in [0.29, 0.717) is 5.69 Å². The predicted molar refractivity (Wildman–Crippen MR) is 108 cm³/mol. The molecule has 0 spiro atoms. The first-order chi connectivity index (χ1) is 13.3. The van der Waals surface area contributed by atoms with Gasteiger partial charge in [0.05, 0.1) is 5.52 Å². The van der Waals surface area contributed by atoms with Gasteiger partial charge in [0, 0.05) is 18.0 Å². The molecular weight excluding hydrogens is 336 g/mol. The summed E-state index contributed by atoms with van der Waals surface area (Å²) in [6.45, 7) is 3.11. The van der Waals surface area contributed by atoms with Crippen LogP contribution in [0.15, 0.2) is 54.6 Å². The number of aromatic amines is 1. The maximum atomic E-state index is 12.7. The van der Waals surface area contributed by atoms with E-state index >= 15 is 0 Å². The van der Waals surface area contributed by atoms with E-state index in [1.54, 1.807) is 0 Å². The van der Waals surface area contributed by atoms with Crippen LogP contribution < -0.4 is 5.32 Å². The normalized spacial score (nSPS) is 17.9. The Hall–Kier alpha value is -2.66. The van der Waals surface area contributed by atoms with Gasteiger partial charge in [0.25, 0.3) is 5.91 Å². The van der Waals surface area contributed by atoms with Crippen LogP contribution in [-0.2, 0) is 6.42 Å². The van der Waals surface area contributed by atoms with Gasteiger partial charge in [-0.25, -0.2) is 0 Å². The van der Waals surface area contributed by atoms with Crippen LogP contribution in [0.3, 0.4) is 0 Å². The van der Waals surface area contributed by atoms with Crippen LogP contribution in [0.5, 0.6) is 0 Å². The van der Waals surface area contributed by atoms with Crippen molar-refractivity contribution in [3.05, 3.63) is 65.9 Å². The monoisotopic (exact) mass is 362 g/mol. The number of hydrogen-bond acceptors (Lipinski definition) is 3. The number of amides is 1. The maximum absolute atomic E-state index is 12.7. The van der Waals surface area contributed by atoms with E-state index in [0.717, 1.165) is 56.2 Å². The molecule has 0 bridgehead atoms. The average molecular weight is 362 g/mol. The first-order valence-corrected chi connectivity index (χ1v) is 9.80. The summed E-state index contributed by atoms with van der Waals surface area (Å²) in [7, 11) is 0. The minimum absolute atomic E-state index is 0.0800. The van der Waals surface area contributed by atoms with Crippen LogP contribution in [0.2, 0.25) is 0 Å². The molecule has 1 saturated heterocycles. The van der Waals surface area contributed by atoms with E-state index in [4.69, 9.17) is 0 Å². The number of fused-ring (bicyclic) bond motifs is 1. The lowest BCUT2D eigenvalue weighted by molar-refractivity contribution is 0.0900. The van der Waals surface area contributed by atoms with Crippen molar-refractivity contribution in [3.8, 4) is 0 Å². The van der Waals surface area contributed by atoms with Crippen LogP contribution >= 0.6 is 0 Å². The number of nitrogens with one attached hydrogen (secondary N) is 2. The van der Waals surface area contributed by atoms with E-state index < -0.39 is 0 Å². The second kappa shape index (κ2) is 8.35. The summed E-state index contributed by atoms with van der Waals surface area (Å²) in [6.07, 6.45) is 4.41. The Bertz CT molecular complexity index is 889. The van der Waals surface area contributed by atoms with Crippen LogP contribution in [0.4, 0.5) is 0 Å². The maximum Gasteiger partial charge on any atom is 0.272 e. The van der Waals surface area contributed by atoms with Crippen molar-refractivity contribution in [1.29, 1.82) is 0 Å². The lowest BCUT2D eigenvalue weighted by Crippen LogP contribution is -2.48. The van der Waals surface area contributed by atoms with Crippen molar-refractivity contribution < 1.29 is 4.79 Å². The van der Waals surface area contributed by atoms with Crippen molar-refractivity contribution in [1.82, 2.24) is 20.4 Å². The second-order valence-electron chi connectivity index (χ2n) is 7.32. The number of H-pyrrole nitrogens is 1. The fourth-order valence-electron chi connectivity index (χ4n) is 3.92. The number of likely N-dealkylation sites (tertiary alicyclic amines) is 1. The minimum Gasteiger partial charge on any atom is -0.347 e. The Morgan fingerprint density at radius 3 is 2.85 bits per heavy atom. The van der Waals surface area contributed by atoms with Gasteiger partial charge in [0.1, 0.15) is 0 Å². The highest BCUT2D eigenvalue weighted by molar-refractivity contribution is 6.04. The Morgan fingerprint density at radius 1 is 1.15 bits per heavy atom. The summed E-state index contributed by atoms with van der Waals surface area (Å²) in [5.74, 6) is -0.0800. The molecule has 5 nitrogen and oxygen atoms in total. The summed E-state index contributed by atoms with van der Waals surface area (Å²) in [5.41, 5.74) is 2.78. The van der Waals surface area contributed by atoms with Crippen molar-refractivity contribution in [3.63, 3.8) is 0 Å². The topological polar surface area (TPSA) is 61.0 Å². The quantitative estimate of drug-likeness (QED) is 0.707. The number of para-hydroxylation sites is 1. The molecule has 1 amide bonds. The number of benzene rings is 2. The molecule has 1 fully saturated rings.